The lowest BCUT2D eigenvalue weighted by Gasteiger charge is -2.25. The van der Waals surface area contributed by atoms with Crippen LogP contribution in [0.1, 0.15) is 16.1 Å². The lowest BCUT2D eigenvalue weighted by molar-refractivity contribution is -0.384. The Morgan fingerprint density at radius 1 is 1.32 bits per heavy atom. The number of non-ortho nitro benzene ring substituents is 1. The summed E-state index contributed by atoms with van der Waals surface area (Å²) >= 11 is 0. The molecule has 1 aromatic heterocycles. The van der Waals surface area contributed by atoms with Crippen molar-refractivity contribution in [1.82, 2.24) is 20.0 Å². The summed E-state index contributed by atoms with van der Waals surface area (Å²) in [5.41, 5.74) is -0.417. The second-order valence-corrected chi connectivity index (χ2v) is 5.18. The van der Waals surface area contributed by atoms with Gasteiger partial charge in [-0.1, -0.05) is 0 Å². The van der Waals surface area contributed by atoms with Crippen molar-refractivity contribution >= 4 is 17.8 Å². The topological polar surface area (TPSA) is 136 Å². The van der Waals surface area contributed by atoms with Gasteiger partial charge in [-0.2, -0.15) is 10.3 Å². The summed E-state index contributed by atoms with van der Waals surface area (Å²) in [7, 11) is 0. The van der Waals surface area contributed by atoms with Crippen LogP contribution in [0.15, 0.2) is 34.2 Å². The fourth-order valence-electron chi connectivity index (χ4n) is 2.23. The number of nitrogens with one attached hydrogen (secondary N) is 1. The van der Waals surface area contributed by atoms with Crippen molar-refractivity contribution in [1.29, 1.82) is 0 Å². The minimum atomic E-state index is -0.672. The molecule has 11 nitrogen and oxygen atoms in total. The number of carbonyl (C=O) groups excluding carboxylic acids is 1. The van der Waals surface area contributed by atoms with Crippen LogP contribution in [0.4, 0.5) is 5.69 Å². The molecule has 1 fully saturated rings. The highest BCUT2D eigenvalue weighted by molar-refractivity contribution is 5.92. The quantitative estimate of drug-likeness (QED) is 0.464. The SMILES string of the molecule is O=C(c1n[nH]n(N=Cc2ccc([N+](=O)[O-])cc2)c1=O)N1CCOCC1. The van der Waals surface area contributed by atoms with Crippen LogP contribution in [-0.4, -0.2) is 63.4 Å². The number of hydrogen-bond donors (Lipinski definition) is 1. The molecule has 0 saturated carbocycles. The third-order valence-electron chi connectivity index (χ3n) is 3.58. The van der Waals surface area contributed by atoms with Gasteiger partial charge in [0.05, 0.1) is 24.4 Å². The Hall–Kier alpha value is -3.34. The number of nitrogens with zero attached hydrogens (tertiary/aromatic N) is 5. The molecule has 2 heterocycles. The molecule has 0 aliphatic carbocycles. The van der Waals surface area contributed by atoms with Gasteiger partial charge < -0.3 is 9.64 Å². The number of carbonyl (C=O) groups is 1. The molecule has 0 atom stereocenters. The lowest BCUT2D eigenvalue weighted by atomic mass is 10.2. The minimum absolute atomic E-state index is 0.0470. The molecule has 11 heteroatoms. The summed E-state index contributed by atoms with van der Waals surface area (Å²) in [4.78, 5) is 36.9. The van der Waals surface area contributed by atoms with Gasteiger partial charge in [0.2, 0.25) is 5.69 Å². The van der Waals surface area contributed by atoms with Gasteiger partial charge in [-0.25, -0.2) is 0 Å². The highest BCUT2D eigenvalue weighted by Crippen LogP contribution is 2.10. The van der Waals surface area contributed by atoms with Gasteiger partial charge in [-0.15, -0.1) is 9.89 Å². The number of nitro benzene ring substituents is 1. The van der Waals surface area contributed by atoms with Gasteiger partial charge >= 0.3 is 5.56 Å². The average molecular weight is 346 g/mol. The second-order valence-electron chi connectivity index (χ2n) is 5.18. The van der Waals surface area contributed by atoms with Crippen LogP contribution in [-0.2, 0) is 4.74 Å². The van der Waals surface area contributed by atoms with Crippen molar-refractivity contribution in [3.05, 3.63) is 56.0 Å². The van der Waals surface area contributed by atoms with Crippen molar-refractivity contribution in [2.45, 2.75) is 0 Å². The van der Waals surface area contributed by atoms with Crippen LogP contribution >= 0.6 is 0 Å². The minimum Gasteiger partial charge on any atom is -0.378 e. The lowest BCUT2D eigenvalue weighted by Crippen LogP contribution is -2.42. The Morgan fingerprint density at radius 2 is 2.00 bits per heavy atom. The highest BCUT2D eigenvalue weighted by atomic mass is 16.6. The van der Waals surface area contributed by atoms with E-state index in [1.165, 1.54) is 35.4 Å². The molecule has 1 saturated heterocycles. The van der Waals surface area contributed by atoms with Crippen LogP contribution in [0.2, 0.25) is 0 Å². The van der Waals surface area contributed by atoms with Crippen LogP contribution in [0, 0.1) is 10.1 Å². The summed E-state index contributed by atoms with van der Waals surface area (Å²) < 4.78 is 5.16. The van der Waals surface area contributed by atoms with Crippen LogP contribution in [0.3, 0.4) is 0 Å². The predicted molar refractivity (Wildman–Crippen MR) is 85.7 cm³/mol. The van der Waals surface area contributed by atoms with Crippen LogP contribution < -0.4 is 5.56 Å². The first-order chi connectivity index (χ1) is 12.1. The molecule has 1 amide bonds. The number of rotatable bonds is 4. The van der Waals surface area contributed by atoms with E-state index in [1.807, 2.05) is 0 Å². The Morgan fingerprint density at radius 3 is 2.64 bits per heavy atom. The summed E-state index contributed by atoms with van der Waals surface area (Å²) in [6.45, 7) is 1.64. The van der Waals surface area contributed by atoms with Crippen molar-refractivity contribution in [3.63, 3.8) is 0 Å². The zero-order valence-electron chi connectivity index (χ0n) is 13.0. The fraction of sp³-hybridized carbons (Fsp3) is 0.286. The number of aromatic nitrogens is 3. The first-order valence-electron chi connectivity index (χ1n) is 7.39. The van der Waals surface area contributed by atoms with E-state index in [-0.39, 0.29) is 11.4 Å². The number of nitro groups is 1. The van der Waals surface area contributed by atoms with E-state index in [4.69, 9.17) is 4.74 Å². The maximum absolute atomic E-state index is 12.3. The molecule has 0 radical (unpaired) electrons. The average Bonchev–Trinajstić information content (AvgIpc) is 3.01. The zero-order valence-corrected chi connectivity index (χ0v) is 13.0. The Kier molecular flexibility index (Phi) is 4.66. The standard InChI is InChI=1S/C14H14N6O5/c21-13(18-5-7-25-8-6-18)12-14(22)19(17-16-12)15-9-10-1-3-11(4-2-10)20(23)24/h1-4,9,17H,5-8H2. The monoisotopic (exact) mass is 346 g/mol. The summed E-state index contributed by atoms with van der Waals surface area (Å²) in [5, 5.41) is 20.6. The maximum atomic E-state index is 12.3. The van der Waals surface area contributed by atoms with Crippen molar-refractivity contribution in [3.8, 4) is 0 Å². The maximum Gasteiger partial charge on any atom is 0.320 e. The number of ether oxygens (including phenoxy) is 1. The van der Waals surface area contributed by atoms with E-state index in [2.05, 4.69) is 15.4 Å². The molecule has 1 aliphatic rings. The number of H-pyrrole nitrogens is 1. The molecule has 0 bridgehead atoms. The van der Waals surface area contributed by atoms with Gasteiger partial charge in [-0.3, -0.25) is 19.7 Å². The molecule has 0 unspecified atom stereocenters. The molecular formula is C14H14N6O5. The largest absolute Gasteiger partial charge is 0.378 e. The number of amides is 1. The Labute approximate surface area is 140 Å². The summed E-state index contributed by atoms with van der Waals surface area (Å²) in [6, 6.07) is 5.63. The number of hydrogen-bond acceptors (Lipinski definition) is 7. The van der Waals surface area contributed by atoms with Crippen molar-refractivity contribution in [2.75, 3.05) is 26.3 Å². The van der Waals surface area contributed by atoms with E-state index in [0.717, 1.165) is 4.79 Å². The number of aromatic amines is 1. The predicted octanol–water partition coefficient (Wildman–Crippen LogP) is -0.166. The van der Waals surface area contributed by atoms with E-state index in [1.54, 1.807) is 0 Å². The second kappa shape index (κ2) is 7.05. The van der Waals surface area contributed by atoms with Gasteiger partial charge in [0.1, 0.15) is 0 Å². The number of morpholine rings is 1. The smallest absolute Gasteiger partial charge is 0.320 e. The summed E-state index contributed by atoms with van der Waals surface area (Å²) in [6.07, 6.45) is 1.33. The van der Waals surface area contributed by atoms with Crippen molar-refractivity contribution in [2.24, 2.45) is 5.10 Å². The van der Waals surface area contributed by atoms with E-state index in [9.17, 15) is 19.7 Å². The molecule has 25 heavy (non-hydrogen) atoms. The highest BCUT2D eigenvalue weighted by Gasteiger charge is 2.24. The molecular weight excluding hydrogens is 332 g/mol. The molecule has 3 rings (SSSR count). The van der Waals surface area contributed by atoms with E-state index >= 15 is 0 Å². The third-order valence-corrected chi connectivity index (χ3v) is 3.58. The van der Waals surface area contributed by atoms with Gasteiger partial charge in [0.15, 0.2) is 0 Å². The van der Waals surface area contributed by atoms with Gasteiger partial charge in [0, 0.05) is 25.2 Å². The fourth-order valence-corrected chi connectivity index (χ4v) is 2.23. The first kappa shape index (κ1) is 16.5. The summed E-state index contributed by atoms with van der Waals surface area (Å²) in [5.74, 6) is -0.478. The molecule has 1 aliphatic heterocycles. The van der Waals surface area contributed by atoms with Crippen LogP contribution in [0.25, 0.3) is 0 Å². The first-order valence-corrected chi connectivity index (χ1v) is 7.39. The molecule has 1 N–H and O–H groups in total. The molecule has 1 aromatic carbocycles. The molecule has 0 spiro atoms. The van der Waals surface area contributed by atoms with Gasteiger partial charge in [0.25, 0.3) is 11.6 Å². The van der Waals surface area contributed by atoms with Crippen LogP contribution in [0.5, 0.6) is 0 Å². The van der Waals surface area contributed by atoms with Gasteiger partial charge in [-0.05, 0) is 17.7 Å². The Bertz CT molecular complexity index is 863. The third kappa shape index (κ3) is 3.61. The number of benzene rings is 1. The van der Waals surface area contributed by atoms with Crippen molar-refractivity contribution < 1.29 is 14.5 Å². The zero-order chi connectivity index (χ0) is 17.8. The Balaban J connectivity index is 1.75. The van der Waals surface area contributed by atoms with E-state index < -0.39 is 16.4 Å². The van der Waals surface area contributed by atoms with E-state index in [0.29, 0.717) is 31.9 Å². The molecule has 130 valence electrons. The molecule has 2 aromatic rings. The normalized spacial score (nSPS) is 14.8.